The number of sulfonamides is 1. The highest BCUT2D eigenvalue weighted by molar-refractivity contribution is 7.89. The van der Waals surface area contributed by atoms with Crippen LogP contribution in [-0.2, 0) is 16.2 Å². The van der Waals surface area contributed by atoms with E-state index in [4.69, 9.17) is 0 Å². The van der Waals surface area contributed by atoms with Gasteiger partial charge in [-0.25, -0.2) is 13.1 Å². The van der Waals surface area contributed by atoms with E-state index in [1.165, 1.54) is 18.2 Å². The van der Waals surface area contributed by atoms with Crippen LogP contribution in [0.15, 0.2) is 64.0 Å². The first kappa shape index (κ1) is 21.1. The van der Waals surface area contributed by atoms with Gasteiger partial charge in [0.1, 0.15) is 5.69 Å². The largest absolute Gasteiger partial charge is 0.452 e. The van der Waals surface area contributed by atoms with Crippen molar-refractivity contribution in [3.05, 3.63) is 71.5 Å². The summed E-state index contributed by atoms with van der Waals surface area (Å²) in [6, 6.07) is 14.5. The van der Waals surface area contributed by atoms with Gasteiger partial charge in [0.2, 0.25) is 15.8 Å². The molecular weight excluding hydrogens is 405 g/mol. The predicted octanol–water partition coefficient (Wildman–Crippen LogP) is 4.75. The number of nitrogens with one attached hydrogen (secondary N) is 1. The molecular formula is C20H19F3N2O3S. The van der Waals surface area contributed by atoms with Crippen molar-refractivity contribution in [2.24, 2.45) is 0 Å². The fraction of sp³-hybridized carbons (Fsp3) is 0.250. The van der Waals surface area contributed by atoms with Crippen LogP contribution in [0.5, 0.6) is 0 Å². The molecule has 0 saturated heterocycles. The van der Waals surface area contributed by atoms with Crippen LogP contribution < -0.4 is 4.72 Å². The van der Waals surface area contributed by atoms with Gasteiger partial charge in [-0.3, -0.25) is 0 Å². The molecule has 29 heavy (non-hydrogen) atoms. The molecule has 5 nitrogen and oxygen atoms in total. The van der Waals surface area contributed by atoms with Crippen molar-refractivity contribution in [1.29, 1.82) is 0 Å². The predicted molar refractivity (Wildman–Crippen MR) is 102 cm³/mol. The van der Waals surface area contributed by atoms with Gasteiger partial charge in [-0.1, -0.05) is 54.5 Å². The van der Waals surface area contributed by atoms with E-state index in [1.54, 1.807) is 6.92 Å². The minimum absolute atomic E-state index is 0.0215. The Bertz CT molecular complexity index is 1090. The van der Waals surface area contributed by atoms with Gasteiger partial charge in [0, 0.05) is 18.2 Å². The van der Waals surface area contributed by atoms with E-state index in [9.17, 15) is 21.6 Å². The number of aryl methyl sites for hydroxylation is 1. The molecule has 154 valence electrons. The molecule has 1 N–H and O–H groups in total. The standard InChI is InChI=1S/C20H19F3N2O3S/c1-13-8-9-16(17-11-19(28-25-17)20(21,22)23)10-18(13)29(26,27)24-12-14(2)15-6-4-3-5-7-15/h3-11,14,24H,12H2,1-2H3. The normalized spacial score (nSPS) is 13.4. The topological polar surface area (TPSA) is 72.2 Å². The van der Waals surface area contributed by atoms with E-state index in [1.807, 2.05) is 37.3 Å². The lowest BCUT2D eigenvalue weighted by Gasteiger charge is -2.15. The third-order valence-corrected chi connectivity index (χ3v) is 6.08. The molecule has 0 bridgehead atoms. The van der Waals surface area contributed by atoms with E-state index < -0.39 is 22.0 Å². The Labute approximate surface area is 166 Å². The van der Waals surface area contributed by atoms with Gasteiger partial charge in [0.05, 0.1) is 4.90 Å². The average Bonchev–Trinajstić information content (AvgIpc) is 3.18. The summed E-state index contributed by atoms with van der Waals surface area (Å²) in [5.41, 5.74) is 1.58. The van der Waals surface area contributed by atoms with Gasteiger partial charge in [0.15, 0.2) is 0 Å². The molecule has 0 aliphatic rings. The van der Waals surface area contributed by atoms with Gasteiger partial charge in [-0.2, -0.15) is 13.2 Å². The number of alkyl halides is 3. The van der Waals surface area contributed by atoms with Gasteiger partial charge in [0.25, 0.3) is 0 Å². The summed E-state index contributed by atoms with van der Waals surface area (Å²) in [6.45, 7) is 3.69. The van der Waals surface area contributed by atoms with Crippen molar-refractivity contribution in [2.75, 3.05) is 6.54 Å². The summed E-state index contributed by atoms with van der Waals surface area (Å²) < 4.78 is 70.7. The van der Waals surface area contributed by atoms with Crippen molar-refractivity contribution in [2.45, 2.75) is 30.8 Å². The van der Waals surface area contributed by atoms with E-state index in [0.717, 1.165) is 11.6 Å². The lowest BCUT2D eigenvalue weighted by atomic mass is 10.0. The van der Waals surface area contributed by atoms with Crippen molar-refractivity contribution < 1.29 is 26.1 Å². The van der Waals surface area contributed by atoms with E-state index >= 15 is 0 Å². The third-order valence-electron chi connectivity index (χ3n) is 4.51. The minimum Gasteiger partial charge on any atom is -0.351 e. The summed E-state index contributed by atoms with van der Waals surface area (Å²) in [5.74, 6) is -1.30. The number of rotatable bonds is 6. The Morgan fingerprint density at radius 3 is 2.41 bits per heavy atom. The Morgan fingerprint density at radius 1 is 1.10 bits per heavy atom. The van der Waals surface area contributed by atoms with Gasteiger partial charge in [-0.15, -0.1) is 0 Å². The molecule has 1 aromatic heterocycles. The molecule has 1 atom stereocenters. The lowest BCUT2D eigenvalue weighted by molar-refractivity contribution is -0.155. The number of hydrogen-bond acceptors (Lipinski definition) is 4. The first-order valence-corrected chi connectivity index (χ1v) is 10.3. The maximum absolute atomic E-state index is 12.8. The molecule has 0 aliphatic heterocycles. The highest BCUT2D eigenvalue weighted by Gasteiger charge is 2.36. The first-order chi connectivity index (χ1) is 13.6. The maximum Gasteiger partial charge on any atom is 0.452 e. The van der Waals surface area contributed by atoms with Crippen LogP contribution in [0, 0.1) is 6.92 Å². The average molecular weight is 424 g/mol. The molecule has 2 aromatic carbocycles. The molecule has 9 heteroatoms. The maximum atomic E-state index is 12.8. The van der Waals surface area contributed by atoms with Crippen LogP contribution in [-0.4, -0.2) is 20.1 Å². The fourth-order valence-corrected chi connectivity index (χ4v) is 4.20. The third kappa shape index (κ3) is 4.86. The zero-order valence-corrected chi connectivity index (χ0v) is 16.5. The monoisotopic (exact) mass is 424 g/mol. The molecule has 1 unspecified atom stereocenters. The summed E-state index contributed by atoms with van der Waals surface area (Å²) in [7, 11) is -3.88. The number of halogens is 3. The summed E-state index contributed by atoms with van der Waals surface area (Å²) in [4.78, 5) is -0.0215. The first-order valence-electron chi connectivity index (χ1n) is 8.77. The number of aromatic nitrogens is 1. The zero-order chi connectivity index (χ0) is 21.2. The van der Waals surface area contributed by atoms with Crippen LogP contribution in [0.2, 0.25) is 0 Å². The highest BCUT2D eigenvalue weighted by atomic mass is 32.2. The lowest BCUT2D eigenvalue weighted by Crippen LogP contribution is -2.28. The second-order valence-corrected chi connectivity index (χ2v) is 8.45. The summed E-state index contributed by atoms with van der Waals surface area (Å²) >= 11 is 0. The summed E-state index contributed by atoms with van der Waals surface area (Å²) in [5, 5.41) is 3.41. The second kappa shape index (κ2) is 8.00. The summed E-state index contributed by atoms with van der Waals surface area (Å²) in [6.07, 6.45) is -4.67. The minimum atomic E-state index is -4.67. The SMILES string of the molecule is Cc1ccc(-c2cc(C(F)(F)F)on2)cc1S(=O)(=O)NCC(C)c1ccccc1. The number of nitrogens with zero attached hydrogens (tertiary/aromatic N) is 1. The van der Waals surface area contributed by atoms with E-state index in [-0.39, 0.29) is 28.6 Å². The molecule has 3 rings (SSSR count). The van der Waals surface area contributed by atoms with Crippen molar-refractivity contribution in [1.82, 2.24) is 9.88 Å². The van der Waals surface area contributed by atoms with E-state index in [2.05, 4.69) is 14.4 Å². The Morgan fingerprint density at radius 2 is 1.79 bits per heavy atom. The van der Waals surface area contributed by atoms with Crippen LogP contribution in [0.3, 0.4) is 0 Å². The second-order valence-electron chi connectivity index (χ2n) is 6.72. The van der Waals surface area contributed by atoms with E-state index in [0.29, 0.717) is 5.56 Å². The van der Waals surface area contributed by atoms with Crippen molar-refractivity contribution in [3.63, 3.8) is 0 Å². The molecule has 0 fully saturated rings. The molecule has 0 radical (unpaired) electrons. The zero-order valence-electron chi connectivity index (χ0n) is 15.7. The quantitative estimate of drug-likeness (QED) is 0.620. The highest BCUT2D eigenvalue weighted by Crippen LogP contribution is 2.33. The molecule has 0 spiro atoms. The van der Waals surface area contributed by atoms with Crippen molar-refractivity contribution >= 4 is 10.0 Å². The van der Waals surface area contributed by atoms with Gasteiger partial charge >= 0.3 is 6.18 Å². The van der Waals surface area contributed by atoms with Crippen LogP contribution in [0.1, 0.15) is 29.7 Å². The van der Waals surface area contributed by atoms with Crippen LogP contribution >= 0.6 is 0 Å². The molecule has 0 aliphatic carbocycles. The van der Waals surface area contributed by atoms with Crippen molar-refractivity contribution in [3.8, 4) is 11.3 Å². The Hall–Kier alpha value is -2.65. The smallest absolute Gasteiger partial charge is 0.351 e. The Kier molecular flexibility index (Phi) is 5.81. The molecule has 0 saturated carbocycles. The Balaban J connectivity index is 1.84. The molecule has 1 heterocycles. The van der Waals surface area contributed by atoms with Crippen LogP contribution in [0.25, 0.3) is 11.3 Å². The number of hydrogen-bond donors (Lipinski definition) is 1. The molecule has 0 amide bonds. The fourth-order valence-electron chi connectivity index (χ4n) is 2.81. The van der Waals surface area contributed by atoms with Gasteiger partial charge < -0.3 is 4.52 Å². The van der Waals surface area contributed by atoms with Crippen LogP contribution in [0.4, 0.5) is 13.2 Å². The molecule has 3 aromatic rings. The number of benzene rings is 2. The van der Waals surface area contributed by atoms with Gasteiger partial charge in [-0.05, 0) is 30.0 Å².